The van der Waals surface area contributed by atoms with E-state index in [0.717, 1.165) is 12.5 Å². The van der Waals surface area contributed by atoms with Crippen LogP contribution in [-0.2, 0) is 6.54 Å². The maximum Gasteiger partial charge on any atom is 0.305 e. The highest BCUT2D eigenvalue weighted by molar-refractivity contribution is 5.36. The molecule has 0 bridgehead atoms. The van der Waals surface area contributed by atoms with E-state index in [1.165, 1.54) is 12.1 Å². The standard InChI is InChI=1S/C13H19FN2O3/c1-3-7-13(2,17)9-15-8-10-5-4-6-11(12(10)14)16(18)19/h4-6,15,17H,3,7-9H2,1-2H3. The van der Waals surface area contributed by atoms with Crippen molar-refractivity contribution in [1.29, 1.82) is 0 Å². The molecule has 0 aromatic heterocycles. The largest absolute Gasteiger partial charge is 0.389 e. The second kappa shape index (κ2) is 6.58. The summed E-state index contributed by atoms with van der Waals surface area (Å²) in [5.41, 5.74) is -1.16. The Morgan fingerprint density at radius 1 is 1.53 bits per heavy atom. The molecule has 0 saturated carbocycles. The molecule has 0 saturated heterocycles. The van der Waals surface area contributed by atoms with Gasteiger partial charge in [0.1, 0.15) is 0 Å². The average Bonchev–Trinajstić information content (AvgIpc) is 2.30. The number of nitro groups is 1. The van der Waals surface area contributed by atoms with Gasteiger partial charge in [-0.25, -0.2) is 0 Å². The topological polar surface area (TPSA) is 75.4 Å². The van der Waals surface area contributed by atoms with Gasteiger partial charge in [-0.3, -0.25) is 10.1 Å². The SMILES string of the molecule is CCCC(C)(O)CNCc1cccc([N+](=O)[O-])c1F. The Bertz CT molecular complexity index is 450. The first-order chi connectivity index (χ1) is 8.87. The monoisotopic (exact) mass is 270 g/mol. The molecule has 1 unspecified atom stereocenters. The highest BCUT2D eigenvalue weighted by Gasteiger charge is 2.20. The summed E-state index contributed by atoms with van der Waals surface area (Å²) in [6.45, 7) is 4.12. The van der Waals surface area contributed by atoms with Gasteiger partial charge >= 0.3 is 5.69 Å². The summed E-state index contributed by atoms with van der Waals surface area (Å²) in [7, 11) is 0. The number of nitro benzene ring substituents is 1. The first-order valence-corrected chi connectivity index (χ1v) is 6.22. The van der Waals surface area contributed by atoms with Gasteiger partial charge in [0.25, 0.3) is 0 Å². The van der Waals surface area contributed by atoms with Crippen LogP contribution in [-0.4, -0.2) is 22.2 Å². The fourth-order valence-corrected chi connectivity index (χ4v) is 1.94. The molecule has 19 heavy (non-hydrogen) atoms. The van der Waals surface area contributed by atoms with Crippen molar-refractivity contribution in [1.82, 2.24) is 5.32 Å². The quantitative estimate of drug-likeness (QED) is 0.589. The maximum atomic E-state index is 13.7. The molecule has 1 aromatic rings. The summed E-state index contributed by atoms with van der Waals surface area (Å²) < 4.78 is 13.7. The molecule has 5 nitrogen and oxygen atoms in total. The number of hydrogen-bond acceptors (Lipinski definition) is 4. The fourth-order valence-electron chi connectivity index (χ4n) is 1.94. The number of rotatable bonds is 7. The van der Waals surface area contributed by atoms with E-state index in [4.69, 9.17) is 0 Å². The molecule has 0 fully saturated rings. The zero-order chi connectivity index (χ0) is 14.5. The van der Waals surface area contributed by atoms with Crippen LogP contribution in [0.5, 0.6) is 0 Å². The van der Waals surface area contributed by atoms with E-state index in [1.807, 2.05) is 6.92 Å². The number of nitrogens with one attached hydrogen (secondary N) is 1. The van der Waals surface area contributed by atoms with Crippen LogP contribution in [0.15, 0.2) is 18.2 Å². The summed E-state index contributed by atoms with van der Waals surface area (Å²) in [6, 6.07) is 4.07. The molecule has 1 rings (SSSR count). The fraction of sp³-hybridized carbons (Fsp3) is 0.538. The van der Waals surface area contributed by atoms with Gasteiger partial charge in [-0.05, 0) is 13.3 Å². The molecule has 106 valence electrons. The lowest BCUT2D eigenvalue weighted by Gasteiger charge is -2.23. The summed E-state index contributed by atoms with van der Waals surface area (Å²) >= 11 is 0. The molecule has 2 N–H and O–H groups in total. The maximum absolute atomic E-state index is 13.7. The summed E-state index contributed by atoms with van der Waals surface area (Å²) in [4.78, 5) is 9.85. The van der Waals surface area contributed by atoms with Crippen molar-refractivity contribution in [2.24, 2.45) is 0 Å². The van der Waals surface area contributed by atoms with Crippen LogP contribution in [0.1, 0.15) is 32.3 Å². The highest BCUT2D eigenvalue weighted by Crippen LogP contribution is 2.20. The van der Waals surface area contributed by atoms with Gasteiger partial charge in [0.05, 0.1) is 10.5 Å². The van der Waals surface area contributed by atoms with Crippen molar-refractivity contribution in [3.8, 4) is 0 Å². The minimum Gasteiger partial charge on any atom is -0.389 e. The summed E-state index contributed by atoms with van der Waals surface area (Å²) in [5.74, 6) is -0.824. The van der Waals surface area contributed by atoms with E-state index in [2.05, 4.69) is 5.32 Å². The second-order valence-electron chi connectivity index (χ2n) is 4.86. The summed E-state index contributed by atoms with van der Waals surface area (Å²) in [6.07, 6.45) is 1.48. The minimum absolute atomic E-state index is 0.146. The predicted octanol–water partition coefficient (Wildman–Crippen LogP) is 2.37. The van der Waals surface area contributed by atoms with Gasteiger partial charge < -0.3 is 10.4 Å². The number of benzene rings is 1. The van der Waals surface area contributed by atoms with Crippen molar-refractivity contribution < 1.29 is 14.4 Å². The van der Waals surface area contributed by atoms with Crippen molar-refractivity contribution >= 4 is 5.69 Å². The van der Waals surface area contributed by atoms with Gasteiger partial charge in [0, 0.05) is 24.7 Å². The predicted molar refractivity (Wildman–Crippen MR) is 70.3 cm³/mol. The zero-order valence-corrected chi connectivity index (χ0v) is 11.1. The Labute approximate surface area is 111 Å². The molecule has 6 heteroatoms. The van der Waals surface area contributed by atoms with Crippen molar-refractivity contribution in [3.63, 3.8) is 0 Å². The van der Waals surface area contributed by atoms with Crippen LogP contribution in [0, 0.1) is 15.9 Å². The zero-order valence-electron chi connectivity index (χ0n) is 11.1. The molecular weight excluding hydrogens is 251 g/mol. The molecule has 0 aliphatic rings. The molecule has 0 spiro atoms. The smallest absolute Gasteiger partial charge is 0.305 e. The van der Waals surface area contributed by atoms with Gasteiger partial charge in [0.2, 0.25) is 5.82 Å². The van der Waals surface area contributed by atoms with Crippen LogP contribution < -0.4 is 5.32 Å². The van der Waals surface area contributed by atoms with E-state index in [1.54, 1.807) is 6.92 Å². The number of halogens is 1. The Morgan fingerprint density at radius 3 is 2.79 bits per heavy atom. The molecule has 1 aromatic carbocycles. The lowest BCUT2D eigenvalue weighted by atomic mass is 10.0. The minimum atomic E-state index is -0.855. The van der Waals surface area contributed by atoms with Crippen molar-refractivity contribution in [2.45, 2.75) is 38.8 Å². The van der Waals surface area contributed by atoms with Crippen LogP contribution in [0.3, 0.4) is 0 Å². The Kier molecular flexibility index (Phi) is 5.38. The molecule has 1 atom stereocenters. The van der Waals surface area contributed by atoms with Crippen molar-refractivity contribution in [3.05, 3.63) is 39.7 Å². The summed E-state index contributed by atoms with van der Waals surface area (Å²) in [5, 5.41) is 23.5. The van der Waals surface area contributed by atoms with Gasteiger partial charge in [-0.1, -0.05) is 25.5 Å². The molecular formula is C13H19FN2O3. The number of nitrogens with zero attached hydrogens (tertiary/aromatic N) is 1. The molecule has 0 radical (unpaired) electrons. The molecule has 0 amide bonds. The van der Waals surface area contributed by atoms with E-state index in [0.29, 0.717) is 13.0 Å². The lowest BCUT2D eigenvalue weighted by molar-refractivity contribution is -0.387. The molecule has 0 aliphatic carbocycles. The third kappa shape index (κ3) is 4.57. The Hall–Kier alpha value is -1.53. The third-order valence-corrected chi connectivity index (χ3v) is 2.86. The Balaban J connectivity index is 2.64. The van der Waals surface area contributed by atoms with E-state index in [9.17, 15) is 19.6 Å². The van der Waals surface area contributed by atoms with E-state index in [-0.39, 0.29) is 12.1 Å². The van der Waals surface area contributed by atoms with E-state index < -0.39 is 22.0 Å². The first kappa shape index (κ1) is 15.5. The Morgan fingerprint density at radius 2 is 2.21 bits per heavy atom. The van der Waals surface area contributed by atoms with Crippen molar-refractivity contribution in [2.75, 3.05) is 6.54 Å². The van der Waals surface area contributed by atoms with Gasteiger partial charge in [0.15, 0.2) is 0 Å². The van der Waals surface area contributed by atoms with Crippen LogP contribution >= 0.6 is 0 Å². The number of aliphatic hydroxyl groups is 1. The van der Waals surface area contributed by atoms with Crippen LogP contribution in [0.2, 0.25) is 0 Å². The van der Waals surface area contributed by atoms with Gasteiger partial charge in [-0.2, -0.15) is 4.39 Å². The highest BCUT2D eigenvalue weighted by atomic mass is 19.1. The van der Waals surface area contributed by atoms with Crippen LogP contribution in [0.4, 0.5) is 10.1 Å². The molecule has 0 heterocycles. The second-order valence-corrected chi connectivity index (χ2v) is 4.86. The first-order valence-electron chi connectivity index (χ1n) is 6.22. The van der Waals surface area contributed by atoms with E-state index >= 15 is 0 Å². The third-order valence-electron chi connectivity index (χ3n) is 2.86. The number of hydrogen-bond donors (Lipinski definition) is 2. The lowest BCUT2D eigenvalue weighted by Crippen LogP contribution is -2.37. The average molecular weight is 270 g/mol. The normalized spacial score (nSPS) is 14.1. The molecule has 0 aliphatic heterocycles. The van der Waals surface area contributed by atoms with Crippen LogP contribution in [0.25, 0.3) is 0 Å². The van der Waals surface area contributed by atoms with Gasteiger partial charge in [-0.15, -0.1) is 0 Å².